The number of anilines is 1. The Hall–Kier alpha value is -2.83. The maximum Gasteiger partial charge on any atom is 0.317 e. The molecule has 1 aromatic heterocycles. The van der Waals surface area contributed by atoms with Gasteiger partial charge in [-0.2, -0.15) is 0 Å². The van der Waals surface area contributed by atoms with Crippen LogP contribution in [0.15, 0.2) is 42.7 Å². The number of pyridine rings is 1. The van der Waals surface area contributed by atoms with Gasteiger partial charge in [0.2, 0.25) is 0 Å². The summed E-state index contributed by atoms with van der Waals surface area (Å²) < 4.78 is 19.0. The van der Waals surface area contributed by atoms with Gasteiger partial charge in [-0.1, -0.05) is 12.1 Å². The number of ether oxygens (including phenoxy) is 1. The third-order valence-electron chi connectivity index (χ3n) is 4.24. The lowest BCUT2D eigenvalue weighted by molar-refractivity contribution is 0.194. The second-order valence-electron chi connectivity index (χ2n) is 5.81. The molecular formula is C18H21FN4O2. The zero-order valence-electron chi connectivity index (χ0n) is 14.1. The number of carbonyl (C=O) groups excluding carboxylic acids is 1. The number of carbonyl (C=O) groups is 1. The van der Waals surface area contributed by atoms with Gasteiger partial charge in [0.05, 0.1) is 19.0 Å². The Morgan fingerprint density at radius 1 is 1.28 bits per heavy atom. The van der Waals surface area contributed by atoms with Crippen molar-refractivity contribution in [3.05, 3.63) is 54.1 Å². The maximum atomic E-state index is 13.8. The van der Waals surface area contributed by atoms with Crippen molar-refractivity contribution in [2.45, 2.75) is 6.54 Å². The summed E-state index contributed by atoms with van der Waals surface area (Å²) in [5.41, 5.74) is 1.51. The Bertz CT molecular complexity index is 733. The van der Waals surface area contributed by atoms with Gasteiger partial charge < -0.3 is 19.9 Å². The monoisotopic (exact) mass is 344 g/mol. The molecule has 1 N–H and O–H groups in total. The van der Waals surface area contributed by atoms with Crippen molar-refractivity contribution in [3.8, 4) is 5.75 Å². The predicted octanol–water partition coefficient (Wildman–Crippen LogP) is 2.26. The van der Waals surface area contributed by atoms with Gasteiger partial charge >= 0.3 is 6.03 Å². The molecule has 2 aromatic rings. The highest BCUT2D eigenvalue weighted by molar-refractivity contribution is 5.74. The van der Waals surface area contributed by atoms with Crippen molar-refractivity contribution in [2.75, 3.05) is 38.2 Å². The van der Waals surface area contributed by atoms with Crippen molar-refractivity contribution in [1.82, 2.24) is 15.2 Å². The van der Waals surface area contributed by atoms with E-state index in [1.807, 2.05) is 29.2 Å². The number of rotatable bonds is 4. The van der Waals surface area contributed by atoms with Gasteiger partial charge in [0.1, 0.15) is 5.75 Å². The molecule has 2 heterocycles. The molecule has 0 unspecified atom stereocenters. The smallest absolute Gasteiger partial charge is 0.317 e. The van der Waals surface area contributed by atoms with Gasteiger partial charge in [-0.05, 0) is 23.8 Å². The van der Waals surface area contributed by atoms with Gasteiger partial charge in [0.15, 0.2) is 5.82 Å². The number of halogens is 1. The molecule has 2 amide bonds. The second-order valence-corrected chi connectivity index (χ2v) is 5.81. The SMILES string of the molecule is COc1cccc(CNC(=O)N2CCN(c3ccncc3F)CC2)c1. The summed E-state index contributed by atoms with van der Waals surface area (Å²) in [4.78, 5) is 19.8. The van der Waals surface area contributed by atoms with Crippen LogP contribution < -0.4 is 15.0 Å². The van der Waals surface area contributed by atoms with Crippen molar-refractivity contribution >= 4 is 11.7 Å². The van der Waals surface area contributed by atoms with E-state index in [0.29, 0.717) is 38.4 Å². The molecule has 0 spiro atoms. The van der Waals surface area contributed by atoms with E-state index >= 15 is 0 Å². The van der Waals surface area contributed by atoms with Gasteiger partial charge in [-0.25, -0.2) is 9.18 Å². The summed E-state index contributed by atoms with van der Waals surface area (Å²) in [6.07, 6.45) is 2.79. The lowest BCUT2D eigenvalue weighted by Crippen LogP contribution is -2.51. The van der Waals surface area contributed by atoms with Crippen LogP contribution in [-0.4, -0.2) is 49.2 Å². The molecule has 25 heavy (non-hydrogen) atoms. The molecule has 0 radical (unpaired) electrons. The minimum Gasteiger partial charge on any atom is -0.497 e. The second kappa shape index (κ2) is 7.83. The number of methoxy groups -OCH3 is 1. The molecule has 0 aliphatic carbocycles. The minimum absolute atomic E-state index is 0.113. The summed E-state index contributed by atoms with van der Waals surface area (Å²) in [5.74, 6) is 0.429. The summed E-state index contributed by atoms with van der Waals surface area (Å²) in [5, 5.41) is 2.91. The molecule has 1 aliphatic rings. The number of amides is 2. The Balaban J connectivity index is 1.50. The van der Waals surface area contributed by atoms with E-state index < -0.39 is 0 Å². The summed E-state index contributed by atoms with van der Waals surface area (Å²) in [6.45, 7) is 2.72. The molecule has 0 atom stereocenters. The molecule has 0 bridgehead atoms. The van der Waals surface area contributed by atoms with Crippen LogP contribution in [0.25, 0.3) is 0 Å². The highest BCUT2D eigenvalue weighted by Crippen LogP contribution is 2.19. The number of hydrogen-bond acceptors (Lipinski definition) is 4. The molecule has 7 heteroatoms. The quantitative estimate of drug-likeness (QED) is 0.924. The maximum absolute atomic E-state index is 13.8. The summed E-state index contributed by atoms with van der Waals surface area (Å²) in [7, 11) is 1.61. The normalized spacial score (nSPS) is 14.3. The van der Waals surface area contributed by atoms with Crippen molar-refractivity contribution < 1.29 is 13.9 Å². The number of benzene rings is 1. The third kappa shape index (κ3) is 4.17. The van der Waals surface area contributed by atoms with E-state index in [9.17, 15) is 9.18 Å². The number of hydrogen-bond donors (Lipinski definition) is 1. The number of nitrogens with one attached hydrogen (secondary N) is 1. The predicted molar refractivity (Wildman–Crippen MR) is 93.2 cm³/mol. The molecule has 3 rings (SSSR count). The Morgan fingerprint density at radius 3 is 2.80 bits per heavy atom. The fourth-order valence-corrected chi connectivity index (χ4v) is 2.85. The molecular weight excluding hydrogens is 323 g/mol. The van der Waals surface area contributed by atoms with Gasteiger partial charge in [-0.3, -0.25) is 4.98 Å². The molecule has 0 saturated carbocycles. The molecule has 1 saturated heterocycles. The number of aromatic nitrogens is 1. The van der Waals surface area contributed by atoms with Crippen LogP contribution in [0.3, 0.4) is 0 Å². The fourth-order valence-electron chi connectivity index (χ4n) is 2.85. The van der Waals surface area contributed by atoms with Crippen LogP contribution in [0, 0.1) is 5.82 Å². The highest BCUT2D eigenvalue weighted by atomic mass is 19.1. The fraction of sp³-hybridized carbons (Fsp3) is 0.333. The number of piperazine rings is 1. The number of urea groups is 1. The molecule has 132 valence electrons. The standard InChI is InChI=1S/C18H21FN4O2/c1-25-15-4-2-3-14(11-15)12-21-18(24)23-9-7-22(8-10-23)17-5-6-20-13-16(17)19/h2-6,11,13H,7-10,12H2,1H3,(H,21,24). The lowest BCUT2D eigenvalue weighted by atomic mass is 10.2. The summed E-state index contributed by atoms with van der Waals surface area (Å²) >= 11 is 0. The van der Waals surface area contributed by atoms with E-state index in [0.717, 1.165) is 11.3 Å². The Morgan fingerprint density at radius 2 is 2.08 bits per heavy atom. The third-order valence-corrected chi connectivity index (χ3v) is 4.24. The topological polar surface area (TPSA) is 57.7 Å². The zero-order chi connectivity index (χ0) is 17.6. The molecule has 1 aromatic carbocycles. The minimum atomic E-state index is -0.335. The Kier molecular flexibility index (Phi) is 5.33. The first kappa shape index (κ1) is 17.0. The van der Waals surface area contributed by atoms with Crippen molar-refractivity contribution in [1.29, 1.82) is 0 Å². The van der Waals surface area contributed by atoms with Crippen LogP contribution >= 0.6 is 0 Å². The average Bonchev–Trinajstić information content (AvgIpc) is 2.67. The summed E-state index contributed by atoms with van der Waals surface area (Å²) in [6, 6.07) is 9.13. The first-order chi connectivity index (χ1) is 12.2. The van der Waals surface area contributed by atoms with E-state index in [2.05, 4.69) is 10.3 Å². The van der Waals surface area contributed by atoms with Crippen molar-refractivity contribution in [2.24, 2.45) is 0 Å². The van der Waals surface area contributed by atoms with E-state index in [-0.39, 0.29) is 11.8 Å². The van der Waals surface area contributed by atoms with Crippen LogP contribution in [0.5, 0.6) is 5.75 Å². The van der Waals surface area contributed by atoms with Crippen LogP contribution in [0.2, 0.25) is 0 Å². The van der Waals surface area contributed by atoms with Crippen LogP contribution in [-0.2, 0) is 6.54 Å². The first-order valence-electron chi connectivity index (χ1n) is 8.17. The highest BCUT2D eigenvalue weighted by Gasteiger charge is 2.22. The first-order valence-corrected chi connectivity index (χ1v) is 8.17. The largest absolute Gasteiger partial charge is 0.497 e. The van der Waals surface area contributed by atoms with Gasteiger partial charge in [0, 0.05) is 38.9 Å². The van der Waals surface area contributed by atoms with E-state index in [1.54, 1.807) is 24.3 Å². The zero-order valence-corrected chi connectivity index (χ0v) is 14.1. The van der Waals surface area contributed by atoms with Gasteiger partial charge in [-0.15, -0.1) is 0 Å². The van der Waals surface area contributed by atoms with Crippen LogP contribution in [0.1, 0.15) is 5.56 Å². The van der Waals surface area contributed by atoms with Gasteiger partial charge in [0.25, 0.3) is 0 Å². The molecule has 1 fully saturated rings. The van der Waals surface area contributed by atoms with E-state index in [1.165, 1.54) is 6.20 Å². The molecule has 6 nitrogen and oxygen atoms in total. The Labute approximate surface area is 146 Å². The lowest BCUT2D eigenvalue weighted by Gasteiger charge is -2.36. The van der Waals surface area contributed by atoms with Crippen molar-refractivity contribution in [3.63, 3.8) is 0 Å². The van der Waals surface area contributed by atoms with E-state index in [4.69, 9.17) is 4.74 Å². The number of nitrogens with zero attached hydrogens (tertiary/aromatic N) is 3. The van der Waals surface area contributed by atoms with Crippen LogP contribution in [0.4, 0.5) is 14.9 Å². The average molecular weight is 344 g/mol. The molecule has 1 aliphatic heterocycles.